The molecule has 0 atom stereocenters. The molecule has 0 unspecified atom stereocenters. The maximum Gasteiger partial charge on any atom is 0.306 e. The van der Waals surface area contributed by atoms with Gasteiger partial charge in [0.2, 0.25) is 0 Å². The van der Waals surface area contributed by atoms with Crippen molar-refractivity contribution in [1.82, 2.24) is 0 Å². The van der Waals surface area contributed by atoms with Crippen LogP contribution in [0.5, 0.6) is 0 Å². The second-order valence-corrected chi connectivity index (χ2v) is 6.91. The Kier molecular flexibility index (Phi) is 13.9. The molecule has 0 saturated carbocycles. The van der Waals surface area contributed by atoms with Crippen molar-refractivity contribution in [3.63, 3.8) is 0 Å². The highest BCUT2D eigenvalue weighted by Crippen LogP contribution is 2.13. The fourth-order valence-corrected chi connectivity index (χ4v) is 2.40. The molecule has 0 radical (unpaired) electrons. The van der Waals surface area contributed by atoms with Gasteiger partial charge in [-0.05, 0) is 52.5 Å². The third-order valence-electron chi connectivity index (χ3n) is 4.23. The molecule has 0 saturated heterocycles. The molecule has 0 rings (SSSR count). The van der Waals surface area contributed by atoms with E-state index < -0.39 is 0 Å². The van der Waals surface area contributed by atoms with Crippen LogP contribution in [0.4, 0.5) is 0 Å². The summed E-state index contributed by atoms with van der Waals surface area (Å²) in [5.41, 5.74) is 3.89. The first-order valence-electron chi connectivity index (χ1n) is 9.41. The molecule has 2 nitrogen and oxygen atoms in total. The van der Waals surface area contributed by atoms with E-state index in [9.17, 15) is 4.79 Å². The van der Waals surface area contributed by atoms with Crippen molar-refractivity contribution >= 4 is 5.97 Å². The third-order valence-corrected chi connectivity index (χ3v) is 4.23. The van der Waals surface area contributed by atoms with Crippen LogP contribution in [0.25, 0.3) is 0 Å². The smallest absolute Gasteiger partial charge is 0.306 e. The molecule has 0 aromatic rings. The Bertz CT molecular complexity index is 373. The predicted octanol–water partition coefficient (Wildman–Crippen LogP) is 6.75. The van der Waals surface area contributed by atoms with Crippen LogP contribution in [-0.4, -0.2) is 12.6 Å². The minimum absolute atomic E-state index is 0.0463. The topological polar surface area (TPSA) is 26.3 Å². The largest absolute Gasteiger partial charge is 0.461 e. The van der Waals surface area contributed by atoms with Gasteiger partial charge in [-0.1, -0.05) is 62.7 Å². The Labute approximate surface area is 144 Å². The van der Waals surface area contributed by atoms with Crippen molar-refractivity contribution in [3.05, 3.63) is 22.8 Å². The molecule has 23 heavy (non-hydrogen) atoms. The fraction of sp³-hybridized carbons (Fsp3) is 0.762. The number of hydrogen-bond acceptors (Lipinski definition) is 2. The summed E-state index contributed by atoms with van der Waals surface area (Å²) in [6.07, 6.45) is 13.5. The van der Waals surface area contributed by atoms with Crippen molar-refractivity contribution in [2.75, 3.05) is 6.61 Å². The van der Waals surface area contributed by atoms with Crippen molar-refractivity contribution in [2.45, 2.75) is 98.8 Å². The van der Waals surface area contributed by atoms with Gasteiger partial charge in [-0.15, -0.1) is 0 Å². The highest BCUT2D eigenvalue weighted by molar-refractivity contribution is 5.69. The molecule has 0 aromatic heterocycles. The summed E-state index contributed by atoms with van der Waals surface area (Å²) in [6.45, 7) is 11.1. The lowest BCUT2D eigenvalue weighted by Gasteiger charge is -2.09. The maximum atomic E-state index is 11.8. The maximum absolute atomic E-state index is 11.8. The van der Waals surface area contributed by atoms with E-state index in [4.69, 9.17) is 4.74 Å². The second kappa shape index (κ2) is 14.5. The van der Waals surface area contributed by atoms with E-state index >= 15 is 0 Å². The zero-order valence-corrected chi connectivity index (χ0v) is 16.2. The number of carbonyl (C=O) groups excluding carboxylic acids is 1. The molecule has 0 spiro atoms. The summed E-state index contributed by atoms with van der Waals surface area (Å²) < 4.78 is 5.39. The van der Waals surface area contributed by atoms with Crippen LogP contribution in [-0.2, 0) is 9.53 Å². The van der Waals surface area contributed by atoms with Gasteiger partial charge in [0.05, 0.1) is 0 Å². The molecule has 0 heterocycles. The summed E-state index contributed by atoms with van der Waals surface area (Å²) >= 11 is 0. The van der Waals surface area contributed by atoms with E-state index in [1.807, 2.05) is 0 Å². The van der Waals surface area contributed by atoms with Gasteiger partial charge in [0, 0.05) is 6.42 Å². The molecular weight excluding hydrogens is 284 g/mol. The van der Waals surface area contributed by atoms with E-state index in [0.29, 0.717) is 13.0 Å². The van der Waals surface area contributed by atoms with Crippen LogP contribution in [0, 0.1) is 0 Å². The Balaban J connectivity index is 3.76. The minimum atomic E-state index is -0.0463. The lowest BCUT2D eigenvalue weighted by Crippen LogP contribution is -2.07. The van der Waals surface area contributed by atoms with E-state index in [1.54, 1.807) is 0 Å². The standard InChI is InChI=1S/C21H38O2/c1-6-7-8-9-10-11-12-16-21(22)23-17-20(5)19(4)15-13-14-18(2)3/h14H,6-13,15-17H2,1-5H3/b20-19+. The van der Waals surface area contributed by atoms with Crippen molar-refractivity contribution in [1.29, 1.82) is 0 Å². The number of hydrogen-bond donors (Lipinski definition) is 0. The van der Waals surface area contributed by atoms with Gasteiger partial charge in [0.15, 0.2) is 0 Å². The molecule has 0 fully saturated rings. The van der Waals surface area contributed by atoms with Crippen molar-refractivity contribution < 1.29 is 9.53 Å². The Hall–Kier alpha value is -1.05. The fourth-order valence-electron chi connectivity index (χ4n) is 2.40. The highest BCUT2D eigenvalue weighted by Gasteiger charge is 2.04. The van der Waals surface area contributed by atoms with Gasteiger partial charge in [-0.25, -0.2) is 0 Å². The summed E-state index contributed by atoms with van der Waals surface area (Å²) in [4.78, 5) is 11.8. The Morgan fingerprint density at radius 1 is 0.826 bits per heavy atom. The van der Waals surface area contributed by atoms with Crippen LogP contribution < -0.4 is 0 Å². The predicted molar refractivity (Wildman–Crippen MR) is 101 cm³/mol. The van der Waals surface area contributed by atoms with Gasteiger partial charge < -0.3 is 4.74 Å². The minimum Gasteiger partial charge on any atom is -0.461 e. The summed E-state index contributed by atoms with van der Waals surface area (Å²) in [5.74, 6) is -0.0463. The molecule has 0 aromatic carbocycles. The normalized spacial score (nSPS) is 11.9. The first kappa shape index (κ1) is 21.9. The van der Waals surface area contributed by atoms with Crippen molar-refractivity contribution in [3.8, 4) is 0 Å². The van der Waals surface area contributed by atoms with Crippen LogP contribution in [0.1, 0.15) is 98.8 Å². The van der Waals surface area contributed by atoms with Crippen molar-refractivity contribution in [2.24, 2.45) is 0 Å². The average Bonchev–Trinajstić information content (AvgIpc) is 2.51. The monoisotopic (exact) mass is 322 g/mol. The van der Waals surface area contributed by atoms with Gasteiger partial charge in [0.1, 0.15) is 6.61 Å². The van der Waals surface area contributed by atoms with Gasteiger partial charge in [0.25, 0.3) is 0 Å². The Morgan fingerprint density at radius 2 is 1.43 bits per heavy atom. The summed E-state index contributed by atoms with van der Waals surface area (Å²) in [6, 6.07) is 0. The number of unbranched alkanes of at least 4 members (excludes halogenated alkanes) is 6. The molecule has 134 valence electrons. The van der Waals surface area contributed by atoms with Gasteiger partial charge in [-0.2, -0.15) is 0 Å². The molecule has 2 heteroatoms. The Morgan fingerprint density at radius 3 is 2.04 bits per heavy atom. The van der Waals surface area contributed by atoms with Crippen LogP contribution in [0.2, 0.25) is 0 Å². The van der Waals surface area contributed by atoms with Crippen LogP contribution >= 0.6 is 0 Å². The molecule has 0 aliphatic rings. The first-order valence-corrected chi connectivity index (χ1v) is 9.41. The van der Waals surface area contributed by atoms with Crippen LogP contribution in [0.3, 0.4) is 0 Å². The molecule has 0 N–H and O–H groups in total. The first-order chi connectivity index (χ1) is 11.0. The van der Waals surface area contributed by atoms with E-state index in [2.05, 4.69) is 40.7 Å². The SMILES string of the molecule is CCCCCCCCCC(=O)OC/C(C)=C(\C)CCC=C(C)C. The van der Waals surface area contributed by atoms with Gasteiger partial charge in [-0.3, -0.25) is 4.79 Å². The van der Waals surface area contributed by atoms with E-state index in [0.717, 1.165) is 25.7 Å². The number of allylic oxidation sites excluding steroid dienone is 3. The van der Waals surface area contributed by atoms with E-state index in [1.165, 1.54) is 48.8 Å². The lowest BCUT2D eigenvalue weighted by molar-refractivity contribution is -0.142. The zero-order valence-electron chi connectivity index (χ0n) is 16.2. The molecule has 0 bridgehead atoms. The summed E-state index contributed by atoms with van der Waals surface area (Å²) in [5, 5.41) is 0. The summed E-state index contributed by atoms with van der Waals surface area (Å²) in [7, 11) is 0. The van der Waals surface area contributed by atoms with Crippen LogP contribution in [0.15, 0.2) is 22.8 Å². The van der Waals surface area contributed by atoms with E-state index in [-0.39, 0.29) is 5.97 Å². The highest BCUT2D eigenvalue weighted by atomic mass is 16.5. The second-order valence-electron chi connectivity index (χ2n) is 6.91. The van der Waals surface area contributed by atoms with Gasteiger partial charge >= 0.3 is 5.97 Å². The number of carbonyl (C=O) groups is 1. The quantitative estimate of drug-likeness (QED) is 0.213. The average molecular weight is 323 g/mol. The number of rotatable bonds is 13. The third kappa shape index (κ3) is 14.3. The molecule has 0 amide bonds. The molecule has 0 aliphatic heterocycles. The zero-order chi connectivity index (χ0) is 17.5. The lowest BCUT2D eigenvalue weighted by atomic mass is 10.1. The number of esters is 1. The molecule has 0 aliphatic carbocycles. The molecular formula is C21H38O2. The number of ether oxygens (including phenoxy) is 1.